The second kappa shape index (κ2) is 6.36. The molecule has 0 aromatic heterocycles. The van der Waals surface area contributed by atoms with Gasteiger partial charge in [-0.3, -0.25) is 4.79 Å². The van der Waals surface area contributed by atoms with Crippen LogP contribution in [0.1, 0.15) is 44.9 Å². The van der Waals surface area contributed by atoms with Crippen molar-refractivity contribution in [3.05, 3.63) is 0 Å². The molecule has 0 aliphatic carbocycles. The molecule has 3 atom stereocenters. The van der Waals surface area contributed by atoms with Crippen LogP contribution in [-0.2, 0) is 9.53 Å². The van der Waals surface area contributed by atoms with Gasteiger partial charge in [-0.15, -0.1) is 0 Å². The summed E-state index contributed by atoms with van der Waals surface area (Å²) in [6, 6.07) is 0.294. The smallest absolute Gasteiger partial charge is 0.222 e. The van der Waals surface area contributed by atoms with Gasteiger partial charge in [-0.1, -0.05) is 0 Å². The quantitative estimate of drug-likeness (QED) is 0.758. The molecule has 0 bridgehead atoms. The molecule has 0 aromatic carbocycles. The van der Waals surface area contributed by atoms with Crippen LogP contribution in [0.5, 0.6) is 0 Å². The van der Waals surface area contributed by atoms with Crippen LogP contribution in [0.2, 0.25) is 0 Å². The van der Waals surface area contributed by atoms with Gasteiger partial charge in [0, 0.05) is 12.6 Å². The van der Waals surface area contributed by atoms with Crippen LogP contribution in [-0.4, -0.2) is 31.2 Å². The molecule has 0 radical (unpaired) electrons. The molecule has 0 aromatic rings. The van der Waals surface area contributed by atoms with Crippen LogP contribution in [0.25, 0.3) is 0 Å². The molecule has 2 rings (SSSR count). The molecule has 2 fully saturated rings. The van der Waals surface area contributed by atoms with Gasteiger partial charge in [-0.05, 0) is 51.5 Å². The largest absolute Gasteiger partial charge is 0.378 e. The first-order valence-corrected chi connectivity index (χ1v) is 6.91. The van der Waals surface area contributed by atoms with Gasteiger partial charge in [0.25, 0.3) is 0 Å². The number of piperidine rings is 1. The summed E-state index contributed by atoms with van der Waals surface area (Å²) >= 11 is 0. The summed E-state index contributed by atoms with van der Waals surface area (Å²) in [6.07, 6.45) is 8.20. The van der Waals surface area contributed by atoms with Crippen LogP contribution in [0.3, 0.4) is 0 Å². The highest BCUT2D eigenvalue weighted by atomic mass is 16.5. The molecule has 3 unspecified atom stereocenters. The monoisotopic (exact) mass is 240 g/mol. The first-order chi connectivity index (χ1) is 8.27. The zero-order valence-electron chi connectivity index (χ0n) is 10.5. The number of nitrogens with two attached hydrogens (primary N) is 1. The predicted octanol–water partition coefficient (Wildman–Crippen LogP) is 1.19. The molecule has 4 heteroatoms. The molecule has 1 amide bonds. The van der Waals surface area contributed by atoms with E-state index in [4.69, 9.17) is 10.5 Å². The van der Waals surface area contributed by atoms with Gasteiger partial charge in [0.1, 0.15) is 0 Å². The van der Waals surface area contributed by atoms with Crippen molar-refractivity contribution in [1.82, 2.24) is 5.32 Å². The average Bonchev–Trinajstić information content (AvgIpc) is 2.82. The summed E-state index contributed by atoms with van der Waals surface area (Å²) in [4.78, 5) is 11.3. The molecule has 98 valence electrons. The van der Waals surface area contributed by atoms with E-state index < -0.39 is 0 Å². The number of carbonyl (C=O) groups is 1. The highest BCUT2D eigenvalue weighted by Crippen LogP contribution is 2.23. The molecular formula is C13H24N2O2. The van der Waals surface area contributed by atoms with Crippen molar-refractivity contribution in [2.75, 3.05) is 13.2 Å². The van der Waals surface area contributed by atoms with Crippen molar-refractivity contribution >= 4 is 5.91 Å². The molecule has 0 spiro atoms. The maximum atomic E-state index is 11.3. The summed E-state index contributed by atoms with van der Waals surface area (Å²) in [5.74, 6) is -0.104. The van der Waals surface area contributed by atoms with Crippen LogP contribution in [0, 0.1) is 5.92 Å². The Balaban J connectivity index is 1.70. The van der Waals surface area contributed by atoms with Crippen LogP contribution >= 0.6 is 0 Å². The highest BCUT2D eigenvalue weighted by molar-refractivity contribution is 5.77. The zero-order valence-corrected chi connectivity index (χ0v) is 10.5. The van der Waals surface area contributed by atoms with E-state index in [0.29, 0.717) is 12.1 Å². The van der Waals surface area contributed by atoms with E-state index in [-0.39, 0.29) is 11.8 Å². The summed E-state index contributed by atoms with van der Waals surface area (Å²) in [7, 11) is 0. The minimum absolute atomic E-state index is 0.0354. The molecular weight excluding hydrogens is 216 g/mol. The second-order valence-electron chi connectivity index (χ2n) is 5.28. The molecule has 17 heavy (non-hydrogen) atoms. The van der Waals surface area contributed by atoms with Crippen molar-refractivity contribution in [1.29, 1.82) is 0 Å². The van der Waals surface area contributed by atoms with Crippen molar-refractivity contribution in [3.8, 4) is 0 Å². The van der Waals surface area contributed by atoms with Gasteiger partial charge in [-0.2, -0.15) is 0 Å². The Morgan fingerprint density at radius 1 is 1.29 bits per heavy atom. The van der Waals surface area contributed by atoms with Crippen LogP contribution < -0.4 is 11.1 Å². The molecule has 4 nitrogen and oxygen atoms in total. The maximum Gasteiger partial charge on any atom is 0.222 e. The minimum Gasteiger partial charge on any atom is -0.378 e. The summed E-state index contributed by atoms with van der Waals surface area (Å²) in [5.41, 5.74) is 5.45. The third kappa shape index (κ3) is 3.68. The number of hydrogen-bond acceptors (Lipinski definition) is 3. The van der Waals surface area contributed by atoms with E-state index >= 15 is 0 Å². The van der Waals surface area contributed by atoms with E-state index in [1.807, 2.05) is 0 Å². The third-order valence-electron chi connectivity index (χ3n) is 4.01. The lowest BCUT2D eigenvalue weighted by atomic mass is 9.87. The van der Waals surface area contributed by atoms with Crippen molar-refractivity contribution in [2.24, 2.45) is 11.7 Å². The van der Waals surface area contributed by atoms with E-state index in [0.717, 1.165) is 45.3 Å². The molecule has 3 N–H and O–H groups in total. The first kappa shape index (κ1) is 12.8. The van der Waals surface area contributed by atoms with Gasteiger partial charge in [0.2, 0.25) is 5.91 Å². The minimum atomic E-state index is -0.140. The Hall–Kier alpha value is -0.610. The SMILES string of the molecule is NC(=O)C1CCCNC1CCCC1CCCO1. The fourth-order valence-corrected chi connectivity index (χ4v) is 3.03. The summed E-state index contributed by atoms with van der Waals surface area (Å²) in [5, 5.41) is 3.43. The lowest BCUT2D eigenvalue weighted by Gasteiger charge is -2.30. The number of ether oxygens (including phenoxy) is 1. The maximum absolute atomic E-state index is 11.3. The second-order valence-corrected chi connectivity index (χ2v) is 5.28. The Labute approximate surface area is 103 Å². The molecule has 2 aliphatic rings. The molecule has 2 saturated heterocycles. The van der Waals surface area contributed by atoms with Gasteiger partial charge in [0.15, 0.2) is 0 Å². The van der Waals surface area contributed by atoms with Gasteiger partial charge < -0.3 is 15.8 Å². The zero-order chi connectivity index (χ0) is 12.1. The van der Waals surface area contributed by atoms with Gasteiger partial charge in [0.05, 0.1) is 12.0 Å². The van der Waals surface area contributed by atoms with Crippen molar-refractivity contribution in [2.45, 2.75) is 57.1 Å². The van der Waals surface area contributed by atoms with Crippen LogP contribution in [0.4, 0.5) is 0 Å². The fraction of sp³-hybridized carbons (Fsp3) is 0.923. The van der Waals surface area contributed by atoms with Crippen LogP contribution in [0.15, 0.2) is 0 Å². The van der Waals surface area contributed by atoms with Gasteiger partial charge >= 0.3 is 0 Å². The highest BCUT2D eigenvalue weighted by Gasteiger charge is 2.28. The molecule has 2 aliphatic heterocycles. The number of amides is 1. The summed E-state index contributed by atoms with van der Waals surface area (Å²) < 4.78 is 5.60. The number of rotatable bonds is 5. The van der Waals surface area contributed by atoms with E-state index in [2.05, 4.69) is 5.32 Å². The molecule has 0 saturated carbocycles. The van der Waals surface area contributed by atoms with Gasteiger partial charge in [-0.25, -0.2) is 0 Å². The third-order valence-corrected chi connectivity index (χ3v) is 4.01. The number of nitrogens with one attached hydrogen (secondary N) is 1. The number of primary amides is 1. The van der Waals surface area contributed by atoms with E-state index in [1.54, 1.807) is 0 Å². The Kier molecular flexibility index (Phi) is 4.80. The average molecular weight is 240 g/mol. The standard InChI is InChI=1S/C13H24N2O2/c14-13(16)11-6-2-8-15-12(11)7-1-4-10-5-3-9-17-10/h10-12,15H,1-9H2,(H2,14,16). The normalized spacial score (nSPS) is 33.8. The lowest BCUT2D eigenvalue weighted by molar-refractivity contribution is -0.123. The fourth-order valence-electron chi connectivity index (χ4n) is 3.03. The van der Waals surface area contributed by atoms with Crippen molar-refractivity contribution in [3.63, 3.8) is 0 Å². The Morgan fingerprint density at radius 2 is 2.18 bits per heavy atom. The number of carbonyl (C=O) groups excluding carboxylic acids is 1. The predicted molar refractivity (Wildman–Crippen MR) is 66.5 cm³/mol. The van der Waals surface area contributed by atoms with E-state index in [1.165, 1.54) is 12.8 Å². The van der Waals surface area contributed by atoms with E-state index in [9.17, 15) is 4.79 Å². The lowest BCUT2D eigenvalue weighted by Crippen LogP contribution is -2.46. The summed E-state index contributed by atoms with van der Waals surface area (Å²) in [6.45, 7) is 1.95. The Bertz CT molecular complexity index is 252. The molecule has 2 heterocycles. The number of hydrogen-bond donors (Lipinski definition) is 2. The topological polar surface area (TPSA) is 64.4 Å². The first-order valence-electron chi connectivity index (χ1n) is 6.91. The van der Waals surface area contributed by atoms with Crippen molar-refractivity contribution < 1.29 is 9.53 Å². The Morgan fingerprint density at radius 3 is 2.88 bits per heavy atom.